The summed E-state index contributed by atoms with van der Waals surface area (Å²) in [6.45, 7) is 0. The fourth-order valence-corrected chi connectivity index (χ4v) is 1.19. The number of alkyl halides is 2. The van der Waals surface area contributed by atoms with Gasteiger partial charge in [-0.2, -0.15) is 5.26 Å². The minimum absolute atomic E-state index is 0.203. The Hall–Kier alpha value is -0.770. The van der Waals surface area contributed by atoms with Gasteiger partial charge in [0, 0.05) is 9.77 Å². The van der Waals surface area contributed by atoms with E-state index in [0.29, 0.717) is 3.57 Å². The number of hydrogen-bond acceptors (Lipinski definition) is 2. The van der Waals surface area contributed by atoms with Crippen LogP contribution in [-0.4, -0.2) is 4.98 Å². The highest BCUT2D eigenvalue weighted by molar-refractivity contribution is 14.1. The zero-order valence-corrected chi connectivity index (χ0v) is 7.92. The van der Waals surface area contributed by atoms with E-state index in [1.54, 1.807) is 6.07 Å². The molecule has 0 saturated carbocycles. The summed E-state index contributed by atoms with van der Waals surface area (Å²) in [6, 6.07) is 2.87. The van der Waals surface area contributed by atoms with Gasteiger partial charge in [0.2, 0.25) is 0 Å². The summed E-state index contributed by atoms with van der Waals surface area (Å²) in [4.78, 5) is 3.57. The van der Waals surface area contributed by atoms with Gasteiger partial charge < -0.3 is 0 Å². The van der Waals surface area contributed by atoms with Crippen LogP contribution in [0.25, 0.3) is 0 Å². The largest absolute Gasteiger partial charge is 0.266 e. The van der Waals surface area contributed by atoms with Crippen molar-refractivity contribution in [3.05, 3.63) is 27.1 Å². The molecule has 0 spiro atoms. The van der Waals surface area contributed by atoms with Crippen LogP contribution in [0.3, 0.4) is 0 Å². The first-order chi connectivity index (χ1) is 5.65. The van der Waals surface area contributed by atoms with Gasteiger partial charge in [-0.1, -0.05) is 0 Å². The lowest BCUT2D eigenvalue weighted by atomic mass is 10.2. The molecule has 2 nitrogen and oxygen atoms in total. The standard InChI is InChI=1S/C7H3F2IN2/c8-7(9)5-1-4(10)3-12-6(5)2-11/h1,3,7H. The van der Waals surface area contributed by atoms with Crippen molar-refractivity contribution >= 4 is 22.6 Å². The molecule has 1 aromatic heterocycles. The van der Waals surface area contributed by atoms with E-state index in [1.165, 1.54) is 12.3 Å². The third kappa shape index (κ3) is 1.88. The lowest BCUT2D eigenvalue weighted by Gasteiger charge is -2.00. The van der Waals surface area contributed by atoms with E-state index in [9.17, 15) is 8.78 Å². The van der Waals surface area contributed by atoms with Crippen LogP contribution >= 0.6 is 22.6 Å². The van der Waals surface area contributed by atoms with Gasteiger partial charge in [-0.25, -0.2) is 13.8 Å². The van der Waals surface area contributed by atoms with Crippen molar-refractivity contribution in [3.8, 4) is 6.07 Å². The molecule has 0 unspecified atom stereocenters. The van der Waals surface area contributed by atoms with Gasteiger partial charge in [0.05, 0.1) is 5.56 Å². The second kappa shape index (κ2) is 3.76. The van der Waals surface area contributed by atoms with Crippen LogP contribution in [-0.2, 0) is 0 Å². The highest BCUT2D eigenvalue weighted by atomic mass is 127. The third-order valence-electron chi connectivity index (χ3n) is 1.22. The first-order valence-corrected chi connectivity index (χ1v) is 4.06. The van der Waals surface area contributed by atoms with Crippen LogP contribution in [0, 0.1) is 14.9 Å². The van der Waals surface area contributed by atoms with E-state index in [2.05, 4.69) is 4.98 Å². The molecule has 5 heteroatoms. The number of pyridine rings is 1. The molecule has 0 atom stereocenters. The highest BCUT2D eigenvalue weighted by Crippen LogP contribution is 2.22. The minimum atomic E-state index is -2.64. The van der Waals surface area contributed by atoms with Crippen LogP contribution < -0.4 is 0 Å². The molecule has 0 bridgehead atoms. The van der Waals surface area contributed by atoms with E-state index < -0.39 is 6.43 Å². The van der Waals surface area contributed by atoms with Gasteiger partial charge in [0.25, 0.3) is 6.43 Å². The molecule has 0 aliphatic heterocycles. The molecular formula is C7H3F2IN2. The molecule has 0 aromatic carbocycles. The maximum Gasteiger partial charge on any atom is 0.266 e. The average molecular weight is 280 g/mol. The summed E-state index contributed by atoms with van der Waals surface area (Å²) in [6.07, 6.45) is -1.26. The minimum Gasteiger partial charge on any atom is -0.244 e. The molecular weight excluding hydrogens is 277 g/mol. The van der Waals surface area contributed by atoms with Gasteiger partial charge in [0.1, 0.15) is 11.8 Å². The lowest BCUT2D eigenvalue weighted by molar-refractivity contribution is 0.150. The van der Waals surface area contributed by atoms with Gasteiger partial charge >= 0.3 is 0 Å². The Morgan fingerprint density at radius 3 is 2.75 bits per heavy atom. The monoisotopic (exact) mass is 280 g/mol. The molecule has 1 aromatic rings. The van der Waals surface area contributed by atoms with Crippen molar-refractivity contribution in [1.82, 2.24) is 4.98 Å². The van der Waals surface area contributed by atoms with Gasteiger partial charge in [0.15, 0.2) is 0 Å². The molecule has 0 saturated heterocycles. The van der Waals surface area contributed by atoms with Gasteiger partial charge in [-0.3, -0.25) is 0 Å². The Bertz CT molecular complexity index is 333. The molecule has 0 radical (unpaired) electrons. The maximum absolute atomic E-state index is 12.2. The molecule has 0 aliphatic rings. The van der Waals surface area contributed by atoms with Crippen LogP contribution in [0.5, 0.6) is 0 Å². The Morgan fingerprint density at radius 2 is 2.25 bits per heavy atom. The number of rotatable bonds is 1. The zero-order chi connectivity index (χ0) is 9.14. The molecule has 0 aliphatic carbocycles. The Labute approximate surface area is 81.4 Å². The number of hydrogen-bond donors (Lipinski definition) is 0. The van der Waals surface area contributed by atoms with Crippen LogP contribution in [0.4, 0.5) is 8.78 Å². The van der Waals surface area contributed by atoms with Crippen molar-refractivity contribution in [2.45, 2.75) is 6.43 Å². The fourth-order valence-electron chi connectivity index (χ4n) is 0.715. The van der Waals surface area contributed by atoms with Crippen LogP contribution in [0.1, 0.15) is 17.7 Å². The quantitative estimate of drug-likeness (QED) is 0.741. The summed E-state index contributed by atoms with van der Waals surface area (Å²) >= 11 is 1.87. The molecule has 62 valence electrons. The van der Waals surface area contributed by atoms with E-state index >= 15 is 0 Å². The average Bonchev–Trinajstić information content (AvgIpc) is 2.04. The normalized spacial score (nSPS) is 9.92. The number of nitrogens with zero attached hydrogens (tertiary/aromatic N) is 2. The third-order valence-corrected chi connectivity index (χ3v) is 1.81. The van der Waals surface area contributed by atoms with Crippen molar-refractivity contribution in [3.63, 3.8) is 0 Å². The molecule has 0 amide bonds. The van der Waals surface area contributed by atoms with Gasteiger partial charge in [-0.05, 0) is 28.7 Å². The molecule has 0 fully saturated rings. The van der Waals surface area contributed by atoms with E-state index in [1.807, 2.05) is 22.6 Å². The first-order valence-electron chi connectivity index (χ1n) is 2.99. The predicted octanol–water partition coefficient (Wildman–Crippen LogP) is 2.50. The maximum atomic E-state index is 12.2. The second-order valence-corrected chi connectivity index (χ2v) is 3.25. The topological polar surface area (TPSA) is 36.7 Å². The summed E-state index contributed by atoms with van der Waals surface area (Å²) in [7, 11) is 0. The Kier molecular flexibility index (Phi) is 2.92. The predicted molar refractivity (Wildman–Crippen MR) is 46.6 cm³/mol. The van der Waals surface area contributed by atoms with E-state index in [-0.39, 0.29) is 11.3 Å². The number of aromatic nitrogens is 1. The van der Waals surface area contributed by atoms with Crippen LogP contribution in [0.15, 0.2) is 12.3 Å². The van der Waals surface area contributed by atoms with E-state index in [4.69, 9.17) is 5.26 Å². The highest BCUT2D eigenvalue weighted by Gasteiger charge is 2.13. The summed E-state index contributed by atoms with van der Waals surface area (Å²) < 4.78 is 25.0. The molecule has 12 heavy (non-hydrogen) atoms. The number of nitriles is 1. The second-order valence-electron chi connectivity index (χ2n) is 2.00. The molecule has 0 N–H and O–H groups in total. The lowest BCUT2D eigenvalue weighted by Crippen LogP contribution is -1.94. The fraction of sp³-hybridized carbons (Fsp3) is 0.143. The van der Waals surface area contributed by atoms with Crippen molar-refractivity contribution < 1.29 is 8.78 Å². The smallest absolute Gasteiger partial charge is 0.244 e. The molecule has 1 rings (SSSR count). The summed E-state index contributed by atoms with van der Waals surface area (Å²) in [5, 5.41) is 8.41. The summed E-state index contributed by atoms with van der Waals surface area (Å²) in [5.41, 5.74) is -0.505. The van der Waals surface area contributed by atoms with Crippen molar-refractivity contribution in [2.75, 3.05) is 0 Å². The van der Waals surface area contributed by atoms with Crippen LogP contribution in [0.2, 0.25) is 0 Å². The Balaban J connectivity index is 3.24. The zero-order valence-electron chi connectivity index (χ0n) is 5.76. The van der Waals surface area contributed by atoms with Crippen molar-refractivity contribution in [2.24, 2.45) is 0 Å². The van der Waals surface area contributed by atoms with E-state index in [0.717, 1.165) is 0 Å². The number of halogens is 3. The first kappa shape index (κ1) is 9.32. The Morgan fingerprint density at radius 1 is 1.58 bits per heavy atom. The molecule has 1 heterocycles. The van der Waals surface area contributed by atoms with Gasteiger partial charge in [-0.15, -0.1) is 0 Å². The SMILES string of the molecule is N#Cc1ncc(I)cc1C(F)F. The summed E-state index contributed by atoms with van der Waals surface area (Å²) in [5.74, 6) is 0. The van der Waals surface area contributed by atoms with Crippen molar-refractivity contribution in [1.29, 1.82) is 5.26 Å².